The summed E-state index contributed by atoms with van der Waals surface area (Å²) >= 11 is 0. The number of aliphatic hydroxyl groups is 1. The normalized spacial score (nSPS) is 19.1. The van der Waals surface area contributed by atoms with Gasteiger partial charge >= 0.3 is 0 Å². The van der Waals surface area contributed by atoms with Crippen molar-refractivity contribution in [3.05, 3.63) is 47.8 Å². The molecule has 2 aromatic rings. The predicted molar refractivity (Wildman–Crippen MR) is 80.5 cm³/mol. The highest BCUT2D eigenvalue weighted by Crippen LogP contribution is 2.33. The molecule has 0 spiro atoms. The zero-order valence-electron chi connectivity index (χ0n) is 12.6. The van der Waals surface area contributed by atoms with Gasteiger partial charge in [0, 0.05) is 24.4 Å². The van der Waals surface area contributed by atoms with Crippen LogP contribution >= 0.6 is 0 Å². The molecule has 1 aliphatic rings. The maximum atomic E-state index is 12.4. The zero-order chi connectivity index (χ0) is 15.7. The van der Waals surface area contributed by atoms with E-state index < -0.39 is 5.60 Å². The zero-order valence-corrected chi connectivity index (χ0v) is 12.6. The van der Waals surface area contributed by atoms with Crippen molar-refractivity contribution in [3.63, 3.8) is 0 Å². The summed E-state index contributed by atoms with van der Waals surface area (Å²) in [5.74, 6) is 0.275. The fourth-order valence-electron chi connectivity index (χ4n) is 2.56. The van der Waals surface area contributed by atoms with Crippen molar-refractivity contribution in [2.24, 2.45) is 7.05 Å². The minimum atomic E-state index is -1.16. The lowest BCUT2D eigenvalue weighted by molar-refractivity contribution is -0.124. The van der Waals surface area contributed by atoms with Crippen LogP contribution in [0.25, 0.3) is 0 Å². The molecule has 2 atom stereocenters. The Morgan fingerprint density at radius 1 is 1.55 bits per heavy atom. The average molecular weight is 301 g/mol. The molecule has 6 nitrogen and oxygen atoms in total. The number of rotatable bonds is 4. The number of aryl methyl sites for hydroxylation is 1. The third kappa shape index (κ3) is 2.69. The molecule has 2 heterocycles. The van der Waals surface area contributed by atoms with Crippen LogP contribution < -0.4 is 10.1 Å². The number of nitrogens with zero attached hydrogens (tertiary/aromatic N) is 2. The van der Waals surface area contributed by atoms with Gasteiger partial charge in [0.05, 0.1) is 12.7 Å². The second-order valence-corrected chi connectivity index (χ2v) is 5.80. The Morgan fingerprint density at radius 3 is 3.05 bits per heavy atom. The van der Waals surface area contributed by atoms with E-state index in [0.717, 1.165) is 11.3 Å². The first-order valence-electron chi connectivity index (χ1n) is 7.18. The maximum Gasteiger partial charge on any atom is 0.231 e. The van der Waals surface area contributed by atoms with Crippen LogP contribution in [0.15, 0.2) is 36.7 Å². The first-order valence-corrected chi connectivity index (χ1v) is 7.18. The van der Waals surface area contributed by atoms with E-state index in [-0.39, 0.29) is 18.4 Å². The Labute approximate surface area is 128 Å². The number of benzene rings is 1. The van der Waals surface area contributed by atoms with E-state index in [0.29, 0.717) is 12.2 Å². The molecular formula is C16H19N3O3. The fourth-order valence-corrected chi connectivity index (χ4v) is 2.56. The number of hydrogen-bond donors (Lipinski definition) is 2. The summed E-state index contributed by atoms with van der Waals surface area (Å²) in [6.07, 6.45) is 3.33. The Hall–Kier alpha value is -2.34. The molecule has 22 heavy (non-hydrogen) atoms. The van der Waals surface area contributed by atoms with E-state index in [1.165, 1.54) is 0 Å². The molecule has 0 aliphatic carbocycles. The molecule has 0 radical (unpaired) electrons. The van der Waals surface area contributed by atoms with Crippen LogP contribution in [0.4, 0.5) is 0 Å². The molecule has 116 valence electrons. The number of fused-ring (bicyclic) bond motifs is 1. The molecule has 0 fully saturated rings. The molecule has 0 saturated heterocycles. The van der Waals surface area contributed by atoms with Crippen molar-refractivity contribution in [2.75, 3.05) is 13.2 Å². The van der Waals surface area contributed by atoms with E-state index in [1.54, 1.807) is 31.0 Å². The van der Waals surface area contributed by atoms with Gasteiger partial charge in [0.1, 0.15) is 23.9 Å². The van der Waals surface area contributed by atoms with Gasteiger partial charge in [-0.15, -0.1) is 0 Å². The molecule has 1 aliphatic heterocycles. The van der Waals surface area contributed by atoms with Crippen molar-refractivity contribution >= 4 is 5.91 Å². The molecule has 0 unspecified atom stereocenters. The topological polar surface area (TPSA) is 76.4 Å². The summed E-state index contributed by atoms with van der Waals surface area (Å²) in [7, 11) is 1.78. The molecule has 0 saturated carbocycles. The van der Waals surface area contributed by atoms with Crippen LogP contribution in [-0.2, 0) is 17.4 Å². The summed E-state index contributed by atoms with van der Waals surface area (Å²) in [5, 5.41) is 17.3. The monoisotopic (exact) mass is 301 g/mol. The van der Waals surface area contributed by atoms with Crippen LogP contribution in [0.3, 0.4) is 0 Å². The number of amides is 1. The quantitative estimate of drug-likeness (QED) is 0.880. The molecule has 3 rings (SSSR count). The van der Waals surface area contributed by atoms with Crippen molar-refractivity contribution in [1.29, 1.82) is 0 Å². The third-order valence-corrected chi connectivity index (χ3v) is 3.95. The minimum Gasteiger partial charge on any atom is -0.492 e. The van der Waals surface area contributed by atoms with Gasteiger partial charge in [-0.05, 0) is 13.0 Å². The van der Waals surface area contributed by atoms with Crippen molar-refractivity contribution in [3.8, 4) is 5.75 Å². The highest BCUT2D eigenvalue weighted by molar-refractivity contribution is 5.85. The Balaban J connectivity index is 1.66. The Bertz CT molecular complexity index is 693. The molecule has 1 aromatic heterocycles. The highest BCUT2D eigenvalue weighted by Gasteiger charge is 2.32. The van der Waals surface area contributed by atoms with Crippen LogP contribution in [0.1, 0.15) is 24.0 Å². The van der Waals surface area contributed by atoms with Gasteiger partial charge in [-0.2, -0.15) is 5.10 Å². The van der Waals surface area contributed by atoms with Gasteiger partial charge in [-0.1, -0.05) is 18.2 Å². The van der Waals surface area contributed by atoms with Gasteiger partial charge in [0.2, 0.25) is 5.91 Å². The molecule has 2 N–H and O–H groups in total. The van der Waals surface area contributed by atoms with E-state index in [4.69, 9.17) is 4.74 Å². The minimum absolute atomic E-state index is 0.121. The summed E-state index contributed by atoms with van der Waals surface area (Å²) in [4.78, 5) is 12.4. The summed E-state index contributed by atoms with van der Waals surface area (Å²) < 4.78 is 7.13. The van der Waals surface area contributed by atoms with Crippen molar-refractivity contribution in [2.45, 2.75) is 18.4 Å². The molecule has 0 bridgehead atoms. The SMILES string of the molecule is Cn1cc([C@](C)(O)CNC(=O)[C@H]2COc3ccccc32)cn1. The smallest absolute Gasteiger partial charge is 0.231 e. The molecular weight excluding hydrogens is 282 g/mol. The van der Waals surface area contributed by atoms with Crippen molar-refractivity contribution < 1.29 is 14.6 Å². The standard InChI is InChI=1S/C16H19N3O3/c1-16(21,11-7-18-19(2)8-11)10-17-15(20)13-9-22-14-6-4-3-5-12(13)14/h3-8,13,21H,9-10H2,1-2H3,(H,17,20)/t13-,16+/m0/s1. The van der Waals surface area contributed by atoms with E-state index in [9.17, 15) is 9.90 Å². The van der Waals surface area contributed by atoms with Crippen LogP contribution in [-0.4, -0.2) is 33.9 Å². The van der Waals surface area contributed by atoms with Gasteiger partial charge in [-0.3, -0.25) is 9.48 Å². The molecule has 6 heteroatoms. The number of hydrogen-bond acceptors (Lipinski definition) is 4. The van der Waals surface area contributed by atoms with Crippen LogP contribution in [0, 0.1) is 0 Å². The number of aromatic nitrogens is 2. The number of carbonyl (C=O) groups excluding carboxylic acids is 1. The van der Waals surface area contributed by atoms with Gasteiger partial charge in [0.15, 0.2) is 0 Å². The number of ether oxygens (including phenoxy) is 1. The van der Waals surface area contributed by atoms with E-state index in [1.807, 2.05) is 24.3 Å². The lowest BCUT2D eigenvalue weighted by Crippen LogP contribution is -2.40. The fraction of sp³-hybridized carbons (Fsp3) is 0.375. The summed E-state index contributed by atoms with van der Waals surface area (Å²) in [5.41, 5.74) is 0.391. The Kier molecular flexibility index (Phi) is 3.62. The van der Waals surface area contributed by atoms with E-state index >= 15 is 0 Å². The summed E-state index contributed by atoms with van der Waals surface area (Å²) in [6, 6.07) is 7.52. The second kappa shape index (κ2) is 5.46. The lowest BCUT2D eigenvalue weighted by atomic mass is 9.97. The number of para-hydroxylation sites is 1. The third-order valence-electron chi connectivity index (χ3n) is 3.95. The van der Waals surface area contributed by atoms with E-state index in [2.05, 4.69) is 10.4 Å². The first-order chi connectivity index (χ1) is 10.5. The highest BCUT2D eigenvalue weighted by atomic mass is 16.5. The second-order valence-electron chi connectivity index (χ2n) is 5.80. The summed E-state index contributed by atoms with van der Waals surface area (Å²) in [6.45, 7) is 2.11. The Morgan fingerprint density at radius 2 is 2.32 bits per heavy atom. The maximum absolute atomic E-state index is 12.4. The average Bonchev–Trinajstić information content (AvgIpc) is 3.11. The molecule has 1 aromatic carbocycles. The largest absolute Gasteiger partial charge is 0.492 e. The lowest BCUT2D eigenvalue weighted by Gasteiger charge is -2.23. The van der Waals surface area contributed by atoms with Crippen molar-refractivity contribution in [1.82, 2.24) is 15.1 Å². The van der Waals surface area contributed by atoms with Gasteiger partial charge < -0.3 is 15.2 Å². The van der Waals surface area contributed by atoms with Crippen LogP contribution in [0.5, 0.6) is 5.75 Å². The molecule has 1 amide bonds. The number of nitrogens with one attached hydrogen (secondary N) is 1. The predicted octanol–water partition coefficient (Wildman–Crippen LogP) is 0.920. The van der Waals surface area contributed by atoms with Gasteiger partial charge in [0.25, 0.3) is 0 Å². The number of carbonyl (C=O) groups is 1. The van der Waals surface area contributed by atoms with Gasteiger partial charge in [-0.25, -0.2) is 0 Å². The van der Waals surface area contributed by atoms with Crippen LogP contribution in [0.2, 0.25) is 0 Å². The first kappa shape index (κ1) is 14.6.